The maximum Gasteiger partial charge on any atom is 0.224 e. The first-order valence-corrected chi connectivity index (χ1v) is 7.27. The molecule has 0 spiro atoms. The molecule has 1 aliphatic carbocycles. The Morgan fingerprint density at radius 1 is 1.37 bits per heavy atom. The van der Waals surface area contributed by atoms with Crippen LogP contribution < -0.4 is 15.5 Å². The fraction of sp³-hybridized carbons (Fsp3) is 0.714. The van der Waals surface area contributed by atoms with Crippen molar-refractivity contribution >= 4 is 11.8 Å². The molecule has 104 valence electrons. The van der Waals surface area contributed by atoms with Crippen molar-refractivity contribution in [3.05, 3.63) is 11.3 Å². The summed E-state index contributed by atoms with van der Waals surface area (Å²) in [4.78, 5) is 11.6. The average molecular weight is 261 g/mol. The number of nitrogens with zero attached hydrogens (tertiary/aromatic N) is 3. The predicted octanol–water partition coefficient (Wildman–Crippen LogP) is 1.40. The van der Waals surface area contributed by atoms with Crippen molar-refractivity contribution in [3.8, 4) is 0 Å². The van der Waals surface area contributed by atoms with Crippen LogP contribution in [0, 0.1) is 5.92 Å². The van der Waals surface area contributed by atoms with E-state index in [0.717, 1.165) is 43.7 Å². The van der Waals surface area contributed by atoms with Crippen molar-refractivity contribution in [2.45, 2.75) is 32.2 Å². The molecule has 0 aromatic carbocycles. The fourth-order valence-corrected chi connectivity index (χ4v) is 2.90. The highest BCUT2D eigenvalue weighted by Gasteiger charge is 2.23. The van der Waals surface area contributed by atoms with Crippen LogP contribution in [0.3, 0.4) is 0 Å². The Balaban J connectivity index is 1.88. The van der Waals surface area contributed by atoms with Gasteiger partial charge in [-0.2, -0.15) is 4.98 Å². The van der Waals surface area contributed by atoms with Gasteiger partial charge >= 0.3 is 0 Å². The number of fused-ring (bicyclic) bond motifs is 1. The van der Waals surface area contributed by atoms with Gasteiger partial charge in [-0.15, -0.1) is 0 Å². The van der Waals surface area contributed by atoms with Crippen molar-refractivity contribution in [3.63, 3.8) is 0 Å². The number of aromatic nitrogens is 2. The minimum atomic E-state index is 0.746. The van der Waals surface area contributed by atoms with Gasteiger partial charge in [-0.1, -0.05) is 6.42 Å². The normalized spacial score (nSPS) is 18.6. The molecule has 5 heteroatoms. The third kappa shape index (κ3) is 2.52. The second kappa shape index (κ2) is 5.33. The largest absolute Gasteiger partial charge is 0.359 e. The second-order valence-electron chi connectivity index (χ2n) is 5.65. The van der Waals surface area contributed by atoms with E-state index in [1.165, 1.54) is 30.5 Å². The second-order valence-corrected chi connectivity index (χ2v) is 5.65. The Morgan fingerprint density at radius 3 is 2.89 bits per heavy atom. The summed E-state index contributed by atoms with van der Waals surface area (Å²) in [5, 5.41) is 6.51. The van der Waals surface area contributed by atoms with Crippen LogP contribution in [0.4, 0.5) is 11.8 Å². The molecular formula is C14H23N5. The summed E-state index contributed by atoms with van der Waals surface area (Å²) in [5.74, 6) is 2.70. The number of nitrogens with one attached hydrogen (secondary N) is 2. The highest BCUT2D eigenvalue weighted by Crippen LogP contribution is 2.30. The van der Waals surface area contributed by atoms with E-state index >= 15 is 0 Å². The lowest BCUT2D eigenvalue weighted by molar-refractivity contribution is 0.320. The summed E-state index contributed by atoms with van der Waals surface area (Å²) in [7, 11) is 4.05. The van der Waals surface area contributed by atoms with Crippen LogP contribution in [0.2, 0.25) is 0 Å². The monoisotopic (exact) mass is 261 g/mol. The van der Waals surface area contributed by atoms with Crippen molar-refractivity contribution < 1.29 is 0 Å². The molecule has 1 saturated carbocycles. The molecule has 0 saturated heterocycles. The number of anilines is 2. The van der Waals surface area contributed by atoms with Crippen LogP contribution >= 0.6 is 0 Å². The van der Waals surface area contributed by atoms with Crippen molar-refractivity contribution in [2.75, 3.05) is 37.4 Å². The van der Waals surface area contributed by atoms with Gasteiger partial charge in [0.15, 0.2) is 0 Å². The third-order valence-electron chi connectivity index (χ3n) is 4.25. The lowest BCUT2D eigenvalue weighted by Crippen LogP contribution is -2.33. The summed E-state index contributed by atoms with van der Waals surface area (Å²) in [5.41, 5.74) is 2.49. The van der Waals surface area contributed by atoms with Gasteiger partial charge in [0.05, 0.1) is 5.69 Å². The molecule has 1 aromatic heterocycles. The van der Waals surface area contributed by atoms with E-state index in [-0.39, 0.29) is 0 Å². The first-order chi connectivity index (χ1) is 9.28. The van der Waals surface area contributed by atoms with Gasteiger partial charge in [0.25, 0.3) is 0 Å². The average Bonchev–Trinajstić information content (AvgIpc) is 2.41. The molecule has 0 unspecified atom stereocenters. The Kier molecular flexibility index (Phi) is 3.55. The highest BCUT2D eigenvalue weighted by molar-refractivity contribution is 5.53. The van der Waals surface area contributed by atoms with Crippen LogP contribution in [-0.4, -0.2) is 37.2 Å². The molecular weight excluding hydrogens is 238 g/mol. The number of hydrogen-bond donors (Lipinski definition) is 2. The van der Waals surface area contributed by atoms with Crippen LogP contribution in [0.25, 0.3) is 0 Å². The molecule has 19 heavy (non-hydrogen) atoms. The Bertz CT molecular complexity index is 455. The molecule has 1 aromatic rings. The standard InChI is InChI=1S/C14H23N5/c1-15-14-17-12-6-7-16-8-11(12)13(18-14)19(2)9-10-4-3-5-10/h10,16H,3-9H2,1-2H3,(H,15,17,18). The zero-order valence-corrected chi connectivity index (χ0v) is 11.9. The van der Waals surface area contributed by atoms with Crippen molar-refractivity contribution in [1.82, 2.24) is 15.3 Å². The summed E-state index contributed by atoms with van der Waals surface area (Å²) in [6, 6.07) is 0. The van der Waals surface area contributed by atoms with E-state index in [0.29, 0.717) is 0 Å². The van der Waals surface area contributed by atoms with Gasteiger partial charge in [-0.05, 0) is 18.8 Å². The van der Waals surface area contributed by atoms with Crippen LogP contribution in [-0.2, 0) is 13.0 Å². The summed E-state index contributed by atoms with van der Waals surface area (Å²) in [6.07, 6.45) is 5.13. The zero-order chi connectivity index (χ0) is 13.2. The topological polar surface area (TPSA) is 53.1 Å². The summed E-state index contributed by atoms with van der Waals surface area (Å²) >= 11 is 0. The van der Waals surface area contributed by atoms with Crippen molar-refractivity contribution in [2.24, 2.45) is 5.92 Å². The maximum absolute atomic E-state index is 4.68. The van der Waals surface area contributed by atoms with E-state index in [4.69, 9.17) is 0 Å². The Morgan fingerprint density at radius 2 is 2.21 bits per heavy atom. The predicted molar refractivity (Wildman–Crippen MR) is 77.6 cm³/mol. The van der Waals surface area contributed by atoms with E-state index < -0.39 is 0 Å². The number of rotatable bonds is 4. The molecule has 3 rings (SSSR count). The molecule has 1 aliphatic heterocycles. The van der Waals surface area contributed by atoms with Gasteiger partial charge in [0, 0.05) is 45.7 Å². The SMILES string of the molecule is CNc1nc2c(c(N(C)CC3CCC3)n1)CNCC2. The molecule has 2 aliphatic rings. The van der Waals surface area contributed by atoms with E-state index in [2.05, 4.69) is 32.5 Å². The van der Waals surface area contributed by atoms with Gasteiger partial charge in [-0.25, -0.2) is 4.98 Å². The van der Waals surface area contributed by atoms with Gasteiger partial charge in [0.2, 0.25) is 5.95 Å². The molecule has 2 heterocycles. The highest BCUT2D eigenvalue weighted by atomic mass is 15.2. The first kappa shape index (κ1) is 12.7. The van der Waals surface area contributed by atoms with Crippen LogP contribution in [0.15, 0.2) is 0 Å². The molecule has 1 fully saturated rings. The fourth-order valence-electron chi connectivity index (χ4n) is 2.90. The summed E-state index contributed by atoms with van der Waals surface area (Å²) < 4.78 is 0. The van der Waals surface area contributed by atoms with Gasteiger partial charge in [-0.3, -0.25) is 0 Å². The minimum absolute atomic E-state index is 0.746. The molecule has 0 atom stereocenters. The Labute approximate surface area is 114 Å². The van der Waals surface area contributed by atoms with Gasteiger partial charge in [0.1, 0.15) is 5.82 Å². The lowest BCUT2D eigenvalue weighted by Gasteiger charge is -2.32. The lowest BCUT2D eigenvalue weighted by atomic mass is 9.85. The quantitative estimate of drug-likeness (QED) is 0.858. The van der Waals surface area contributed by atoms with Crippen LogP contribution in [0.1, 0.15) is 30.5 Å². The Hall–Kier alpha value is -1.36. The van der Waals surface area contributed by atoms with E-state index in [1.54, 1.807) is 0 Å². The molecule has 2 N–H and O–H groups in total. The smallest absolute Gasteiger partial charge is 0.224 e. The van der Waals surface area contributed by atoms with E-state index in [9.17, 15) is 0 Å². The third-order valence-corrected chi connectivity index (χ3v) is 4.25. The molecule has 5 nitrogen and oxygen atoms in total. The first-order valence-electron chi connectivity index (χ1n) is 7.27. The molecule has 0 bridgehead atoms. The van der Waals surface area contributed by atoms with Crippen LogP contribution in [0.5, 0.6) is 0 Å². The van der Waals surface area contributed by atoms with Crippen molar-refractivity contribution in [1.29, 1.82) is 0 Å². The number of hydrogen-bond acceptors (Lipinski definition) is 5. The molecule has 0 amide bonds. The minimum Gasteiger partial charge on any atom is -0.359 e. The molecule has 0 radical (unpaired) electrons. The van der Waals surface area contributed by atoms with Gasteiger partial charge < -0.3 is 15.5 Å². The zero-order valence-electron chi connectivity index (χ0n) is 11.9. The maximum atomic E-state index is 4.68. The van der Waals surface area contributed by atoms with E-state index in [1.807, 2.05) is 7.05 Å². The summed E-state index contributed by atoms with van der Waals surface area (Å²) in [6.45, 7) is 3.02.